The van der Waals surface area contributed by atoms with Gasteiger partial charge < -0.3 is 5.32 Å². The molecule has 1 N–H and O–H groups in total. The van der Waals surface area contributed by atoms with Gasteiger partial charge in [0.1, 0.15) is 0 Å². The van der Waals surface area contributed by atoms with Crippen molar-refractivity contribution in [2.75, 3.05) is 6.54 Å². The summed E-state index contributed by atoms with van der Waals surface area (Å²) in [6.45, 7) is 6.91. The molecule has 1 amide bonds. The summed E-state index contributed by atoms with van der Waals surface area (Å²) < 4.78 is 0. The normalized spacial score (nSPS) is 10.6. The van der Waals surface area contributed by atoms with E-state index in [1.54, 1.807) is 12.1 Å². The number of carbonyl (C=O) groups excluding carboxylic acids is 1. The fraction of sp³-hybridized carbons (Fsp3) is 0.462. The Hall–Kier alpha value is -1.02. The first-order chi connectivity index (χ1) is 7.50. The van der Waals surface area contributed by atoms with Crippen LogP contribution in [0.15, 0.2) is 18.2 Å². The largest absolute Gasteiger partial charge is 0.352 e. The van der Waals surface area contributed by atoms with Gasteiger partial charge in [-0.2, -0.15) is 0 Å². The van der Waals surface area contributed by atoms with Crippen molar-refractivity contribution in [1.29, 1.82) is 0 Å². The Kier molecular flexibility index (Phi) is 4.81. The first kappa shape index (κ1) is 13.0. The SMILES string of the molecule is Cc1ccc(C(=O)NCCC(C)C)c(Cl)c1. The van der Waals surface area contributed by atoms with Crippen LogP contribution in [0.3, 0.4) is 0 Å². The lowest BCUT2D eigenvalue weighted by molar-refractivity contribution is 0.0952. The highest BCUT2D eigenvalue weighted by Gasteiger charge is 2.09. The molecule has 2 nitrogen and oxygen atoms in total. The van der Waals surface area contributed by atoms with Crippen LogP contribution in [0.25, 0.3) is 0 Å². The quantitative estimate of drug-likeness (QED) is 0.857. The summed E-state index contributed by atoms with van der Waals surface area (Å²) in [4.78, 5) is 11.8. The maximum atomic E-state index is 11.8. The standard InChI is InChI=1S/C13H18ClNO/c1-9(2)6-7-15-13(16)11-5-4-10(3)8-12(11)14/h4-5,8-9H,6-7H2,1-3H3,(H,15,16). The number of carbonyl (C=O) groups is 1. The summed E-state index contributed by atoms with van der Waals surface area (Å²) in [5.74, 6) is 0.499. The topological polar surface area (TPSA) is 29.1 Å². The van der Waals surface area contributed by atoms with Crippen LogP contribution < -0.4 is 5.32 Å². The summed E-state index contributed by atoms with van der Waals surface area (Å²) in [6, 6.07) is 5.46. The zero-order valence-corrected chi connectivity index (χ0v) is 10.8. The van der Waals surface area contributed by atoms with Crippen molar-refractivity contribution < 1.29 is 4.79 Å². The van der Waals surface area contributed by atoms with Crippen molar-refractivity contribution in [3.63, 3.8) is 0 Å². The number of halogens is 1. The Morgan fingerprint density at radius 2 is 2.12 bits per heavy atom. The molecular formula is C13H18ClNO. The van der Waals surface area contributed by atoms with E-state index in [2.05, 4.69) is 19.2 Å². The van der Waals surface area contributed by atoms with Gasteiger partial charge in [-0.3, -0.25) is 4.79 Å². The molecule has 0 aliphatic rings. The van der Waals surface area contributed by atoms with E-state index in [0.717, 1.165) is 12.0 Å². The molecule has 1 aromatic carbocycles. The van der Waals surface area contributed by atoms with Crippen LogP contribution in [0.2, 0.25) is 5.02 Å². The van der Waals surface area contributed by atoms with Crippen molar-refractivity contribution >= 4 is 17.5 Å². The first-order valence-corrected chi connectivity index (χ1v) is 5.93. The number of hydrogen-bond acceptors (Lipinski definition) is 1. The first-order valence-electron chi connectivity index (χ1n) is 5.55. The second kappa shape index (κ2) is 5.90. The molecule has 0 fully saturated rings. The summed E-state index contributed by atoms with van der Waals surface area (Å²) in [7, 11) is 0. The molecule has 0 bridgehead atoms. The van der Waals surface area contributed by atoms with Crippen LogP contribution >= 0.6 is 11.6 Å². The van der Waals surface area contributed by atoms with Crippen LogP contribution in [0, 0.1) is 12.8 Å². The third-order valence-electron chi connectivity index (χ3n) is 2.38. The summed E-state index contributed by atoms with van der Waals surface area (Å²) >= 11 is 6.01. The van der Waals surface area contributed by atoms with Gasteiger partial charge in [-0.05, 0) is 37.0 Å². The van der Waals surface area contributed by atoms with E-state index < -0.39 is 0 Å². The second-order valence-corrected chi connectivity index (χ2v) is 4.83. The molecule has 3 heteroatoms. The Bertz CT molecular complexity index is 374. The molecule has 0 radical (unpaired) electrons. The zero-order valence-electron chi connectivity index (χ0n) is 10.0. The van der Waals surface area contributed by atoms with E-state index in [9.17, 15) is 4.79 Å². The maximum absolute atomic E-state index is 11.8. The fourth-order valence-corrected chi connectivity index (χ4v) is 1.69. The van der Waals surface area contributed by atoms with Gasteiger partial charge in [0.2, 0.25) is 0 Å². The molecular weight excluding hydrogens is 222 g/mol. The highest BCUT2D eigenvalue weighted by atomic mass is 35.5. The lowest BCUT2D eigenvalue weighted by atomic mass is 10.1. The van der Waals surface area contributed by atoms with Gasteiger partial charge in [0.15, 0.2) is 0 Å². The van der Waals surface area contributed by atoms with Gasteiger partial charge >= 0.3 is 0 Å². The molecule has 0 aliphatic carbocycles. The minimum absolute atomic E-state index is 0.0920. The van der Waals surface area contributed by atoms with E-state index in [1.807, 2.05) is 13.0 Å². The van der Waals surface area contributed by atoms with Crippen LogP contribution in [-0.4, -0.2) is 12.5 Å². The summed E-state index contributed by atoms with van der Waals surface area (Å²) in [5, 5.41) is 3.38. The number of amides is 1. The average Bonchev–Trinajstić information content (AvgIpc) is 2.16. The van der Waals surface area contributed by atoms with Gasteiger partial charge in [-0.25, -0.2) is 0 Å². The molecule has 0 spiro atoms. The molecule has 0 saturated carbocycles. The smallest absolute Gasteiger partial charge is 0.252 e. The molecule has 0 heterocycles. The Morgan fingerprint density at radius 1 is 1.44 bits per heavy atom. The highest BCUT2D eigenvalue weighted by molar-refractivity contribution is 6.33. The number of benzene rings is 1. The molecule has 1 aromatic rings. The van der Waals surface area contributed by atoms with E-state index >= 15 is 0 Å². The Balaban J connectivity index is 2.59. The van der Waals surface area contributed by atoms with Gasteiger partial charge in [-0.15, -0.1) is 0 Å². The van der Waals surface area contributed by atoms with Gasteiger partial charge in [-0.1, -0.05) is 31.5 Å². The van der Waals surface area contributed by atoms with Crippen LogP contribution in [0.4, 0.5) is 0 Å². The predicted molar refractivity (Wildman–Crippen MR) is 68.0 cm³/mol. The van der Waals surface area contributed by atoms with E-state index in [4.69, 9.17) is 11.6 Å². The third-order valence-corrected chi connectivity index (χ3v) is 2.69. The maximum Gasteiger partial charge on any atom is 0.252 e. The number of rotatable bonds is 4. The third kappa shape index (κ3) is 3.86. The molecule has 0 unspecified atom stereocenters. The minimum atomic E-state index is -0.0920. The van der Waals surface area contributed by atoms with Crippen molar-refractivity contribution in [3.05, 3.63) is 34.3 Å². The molecule has 0 atom stereocenters. The molecule has 88 valence electrons. The van der Waals surface area contributed by atoms with Gasteiger partial charge in [0, 0.05) is 6.54 Å². The number of hydrogen-bond donors (Lipinski definition) is 1. The molecule has 16 heavy (non-hydrogen) atoms. The number of nitrogens with one attached hydrogen (secondary N) is 1. The fourth-order valence-electron chi connectivity index (χ4n) is 1.37. The second-order valence-electron chi connectivity index (χ2n) is 4.42. The van der Waals surface area contributed by atoms with E-state index in [0.29, 0.717) is 23.0 Å². The van der Waals surface area contributed by atoms with Crippen molar-refractivity contribution in [1.82, 2.24) is 5.32 Å². The summed E-state index contributed by atoms with van der Waals surface area (Å²) in [5.41, 5.74) is 1.61. The zero-order chi connectivity index (χ0) is 12.1. The monoisotopic (exact) mass is 239 g/mol. The summed E-state index contributed by atoms with van der Waals surface area (Å²) in [6.07, 6.45) is 0.981. The highest BCUT2D eigenvalue weighted by Crippen LogP contribution is 2.17. The Morgan fingerprint density at radius 3 is 2.69 bits per heavy atom. The minimum Gasteiger partial charge on any atom is -0.352 e. The molecule has 0 aromatic heterocycles. The van der Waals surface area contributed by atoms with E-state index in [1.165, 1.54) is 0 Å². The van der Waals surface area contributed by atoms with Crippen molar-refractivity contribution in [2.45, 2.75) is 27.2 Å². The Labute approximate surface area is 102 Å². The molecule has 0 aliphatic heterocycles. The van der Waals surface area contributed by atoms with Crippen LogP contribution in [0.1, 0.15) is 36.2 Å². The number of aryl methyl sites for hydroxylation is 1. The lowest BCUT2D eigenvalue weighted by Crippen LogP contribution is -2.25. The predicted octanol–water partition coefficient (Wildman–Crippen LogP) is 3.42. The van der Waals surface area contributed by atoms with Gasteiger partial charge in [0.05, 0.1) is 10.6 Å². The molecule has 1 rings (SSSR count). The van der Waals surface area contributed by atoms with Crippen LogP contribution in [0.5, 0.6) is 0 Å². The van der Waals surface area contributed by atoms with E-state index in [-0.39, 0.29) is 5.91 Å². The lowest BCUT2D eigenvalue weighted by Gasteiger charge is -2.08. The average molecular weight is 240 g/mol. The van der Waals surface area contributed by atoms with Crippen molar-refractivity contribution in [3.8, 4) is 0 Å². The van der Waals surface area contributed by atoms with Crippen molar-refractivity contribution in [2.24, 2.45) is 5.92 Å². The van der Waals surface area contributed by atoms with Gasteiger partial charge in [0.25, 0.3) is 5.91 Å². The molecule has 0 saturated heterocycles. The van der Waals surface area contributed by atoms with Crippen LogP contribution in [-0.2, 0) is 0 Å².